The summed E-state index contributed by atoms with van der Waals surface area (Å²) in [5.74, 6) is -2.06. The molecule has 134 valence electrons. The molecule has 0 unspecified atom stereocenters. The molecule has 8 nitrogen and oxygen atoms in total. The maximum Gasteiger partial charge on any atom is 0.329 e. The van der Waals surface area contributed by atoms with Crippen LogP contribution >= 0.6 is 0 Å². The molecule has 26 heavy (non-hydrogen) atoms. The van der Waals surface area contributed by atoms with E-state index in [1.165, 1.54) is 6.20 Å². The molecule has 0 radical (unpaired) electrons. The Balaban J connectivity index is 1.83. The van der Waals surface area contributed by atoms with Crippen LogP contribution in [0.25, 0.3) is 0 Å². The summed E-state index contributed by atoms with van der Waals surface area (Å²) < 4.78 is 0. The highest BCUT2D eigenvalue weighted by atomic mass is 16.2. The first-order valence-electron chi connectivity index (χ1n) is 7.85. The van der Waals surface area contributed by atoms with Crippen molar-refractivity contribution < 1.29 is 14.4 Å². The number of para-hydroxylation sites is 1. The fourth-order valence-electron chi connectivity index (χ4n) is 2.00. The number of nitrogens with zero attached hydrogens (tertiary/aromatic N) is 2. The number of hydrogen-bond donors (Lipinski definition) is 3. The van der Waals surface area contributed by atoms with Gasteiger partial charge in [0.05, 0.1) is 18.3 Å². The minimum atomic E-state index is -0.916. The summed E-state index contributed by atoms with van der Waals surface area (Å²) in [6.07, 6.45) is 3.08. The van der Waals surface area contributed by atoms with Crippen molar-refractivity contribution in [1.29, 1.82) is 0 Å². The summed E-state index contributed by atoms with van der Waals surface area (Å²) in [6, 6.07) is 10.5. The lowest BCUT2D eigenvalue weighted by Crippen LogP contribution is -2.33. The minimum absolute atomic E-state index is 0.0331. The number of carbonyl (C=O) groups excluding carboxylic acids is 3. The molecule has 0 fully saturated rings. The molecule has 0 aliphatic heterocycles. The van der Waals surface area contributed by atoms with Crippen molar-refractivity contribution in [2.45, 2.75) is 20.3 Å². The number of amides is 3. The quantitative estimate of drug-likeness (QED) is 0.432. The van der Waals surface area contributed by atoms with Crippen LogP contribution in [0, 0.1) is 6.92 Å². The Labute approximate surface area is 150 Å². The number of aromatic nitrogens is 1. The van der Waals surface area contributed by atoms with Gasteiger partial charge in [-0.1, -0.05) is 18.2 Å². The molecule has 2 aromatic rings. The normalized spacial score (nSPS) is 10.8. The zero-order chi connectivity index (χ0) is 18.9. The van der Waals surface area contributed by atoms with E-state index in [-0.39, 0.29) is 12.3 Å². The van der Waals surface area contributed by atoms with Crippen LogP contribution in [-0.2, 0) is 14.4 Å². The zero-order valence-electron chi connectivity index (χ0n) is 14.4. The van der Waals surface area contributed by atoms with E-state index in [1.54, 1.807) is 37.4 Å². The summed E-state index contributed by atoms with van der Waals surface area (Å²) in [6.45, 7) is 3.39. The van der Waals surface area contributed by atoms with E-state index in [1.807, 2.05) is 19.1 Å². The summed E-state index contributed by atoms with van der Waals surface area (Å²) >= 11 is 0. The highest BCUT2D eigenvalue weighted by Crippen LogP contribution is 2.12. The first kappa shape index (κ1) is 18.8. The van der Waals surface area contributed by atoms with Gasteiger partial charge in [0.2, 0.25) is 5.91 Å². The number of aryl methyl sites for hydroxylation is 1. The van der Waals surface area contributed by atoms with Gasteiger partial charge in [-0.2, -0.15) is 5.10 Å². The highest BCUT2D eigenvalue weighted by Gasteiger charge is 2.14. The molecular formula is C18H19N5O3. The van der Waals surface area contributed by atoms with Crippen molar-refractivity contribution >= 4 is 34.8 Å². The van der Waals surface area contributed by atoms with Gasteiger partial charge in [-0.25, -0.2) is 5.43 Å². The average molecular weight is 353 g/mol. The zero-order valence-corrected chi connectivity index (χ0v) is 14.4. The van der Waals surface area contributed by atoms with Crippen LogP contribution in [-0.4, -0.2) is 28.4 Å². The molecule has 0 saturated heterocycles. The van der Waals surface area contributed by atoms with E-state index in [2.05, 4.69) is 26.1 Å². The third-order valence-corrected chi connectivity index (χ3v) is 3.31. The number of rotatable bonds is 5. The van der Waals surface area contributed by atoms with E-state index in [0.29, 0.717) is 17.1 Å². The number of pyridine rings is 1. The van der Waals surface area contributed by atoms with Crippen LogP contribution in [0.2, 0.25) is 0 Å². The van der Waals surface area contributed by atoms with Crippen molar-refractivity contribution in [2.24, 2.45) is 5.10 Å². The molecule has 0 bridgehead atoms. The van der Waals surface area contributed by atoms with E-state index < -0.39 is 11.8 Å². The topological polar surface area (TPSA) is 113 Å². The van der Waals surface area contributed by atoms with E-state index in [4.69, 9.17) is 0 Å². The molecule has 1 heterocycles. The Morgan fingerprint density at radius 1 is 1.04 bits per heavy atom. The van der Waals surface area contributed by atoms with Gasteiger partial charge in [-0.05, 0) is 37.6 Å². The summed E-state index contributed by atoms with van der Waals surface area (Å²) in [5.41, 5.74) is 4.43. The van der Waals surface area contributed by atoms with Crippen molar-refractivity contribution in [1.82, 2.24) is 10.4 Å². The van der Waals surface area contributed by atoms with Crippen LogP contribution < -0.4 is 16.1 Å². The first-order chi connectivity index (χ1) is 12.5. The second kappa shape index (κ2) is 9.07. The van der Waals surface area contributed by atoms with Crippen molar-refractivity contribution in [3.05, 3.63) is 54.4 Å². The van der Waals surface area contributed by atoms with Gasteiger partial charge in [0.15, 0.2) is 0 Å². The molecule has 8 heteroatoms. The number of anilines is 2. The monoisotopic (exact) mass is 353 g/mol. The first-order valence-corrected chi connectivity index (χ1v) is 7.85. The molecule has 1 aromatic carbocycles. The Kier molecular flexibility index (Phi) is 6.55. The van der Waals surface area contributed by atoms with Crippen LogP contribution in [0.1, 0.15) is 18.9 Å². The third-order valence-electron chi connectivity index (χ3n) is 3.31. The van der Waals surface area contributed by atoms with Gasteiger partial charge < -0.3 is 10.6 Å². The number of hydrazone groups is 1. The molecule has 1 aromatic heterocycles. The van der Waals surface area contributed by atoms with Crippen LogP contribution in [0.4, 0.5) is 11.4 Å². The number of hydrogen-bond acceptors (Lipinski definition) is 5. The predicted molar refractivity (Wildman–Crippen MR) is 98.5 cm³/mol. The molecular weight excluding hydrogens is 334 g/mol. The molecule has 0 aliphatic rings. The van der Waals surface area contributed by atoms with Gasteiger partial charge in [-0.15, -0.1) is 0 Å². The molecule has 0 aliphatic carbocycles. The maximum atomic E-state index is 11.9. The molecule has 0 spiro atoms. The molecule has 0 atom stereocenters. The van der Waals surface area contributed by atoms with Gasteiger partial charge in [-0.3, -0.25) is 19.4 Å². The highest BCUT2D eigenvalue weighted by molar-refractivity contribution is 6.39. The maximum absolute atomic E-state index is 11.9. The van der Waals surface area contributed by atoms with E-state index >= 15 is 0 Å². The van der Waals surface area contributed by atoms with Gasteiger partial charge in [0.25, 0.3) is 0 Å². The van der Waals surface area contributed by atoms with E-state index in [0.717, 1.165) is 5.56 Å². The predicted octanol–water partition coefficient (Wildman–Crippen LogP) is 1.85. The number of nitrogens with one attached hydrogen (secondary N) is 3. The fourth-order valence-corrected chi connectivity index (χ4v) is 2.00. The summed E-state index contributed by atoms with van der Waals surface area (Å²) in [7, 11) is 0. The van der Waals surface area contributed by atoms with Crippen LogP contribution in [0.3, 0.4) is 0 Å². The van der Waals surface area contributed by atoms with Crippen LogP contribution in [0.15, 0.2) is 53.9 Å². The van der Waals surface area contributed by atoms with E-state index in [9.17, 15) is 14.4 Å². The van der Waals surface area contributed by atoms with Crippen LogP contribution in [0.5, 0.6) is 0 Å². The standard InChI is InChI=1S/C18H19N5O3/c1-12-6-3-4-8-15(12)21-17(25)18(26)23-22-13(2)10-16(24)20-14-7-5-9-19-11-14/h3-9,11H,10H2,1-2H3,(H,20,24)(H,21,25)(H,23,26)/b22-13+. The Hall–Kier alpha value is -3.55. The molecule has 2 rings (SSSR count). The SMILES string of the molecule is C/C(CC(=O)Nc1cccnc1)=N\NC(=O)C(=O)Nc1ccccc1C. The van der Waals surface area contributed by atoms with Crippen molar-refractivity contribution in [2.75, 3.05) is 10.6 Å². The minimum Gasteiger partial charge on any atom is -0.324 e. The average Bonchev–Trinajstić information content (AvgIpc) is 2.62. The van der Waals surface area contributed by atoms with Gasteiger partial charge >= 0.3 is 11.8 Å². The molecule has 3 amide bonds. The summed E-state index contributed by atoms with van der Waals surface area (Å²) in [5, 5.41) is 8.92. The lowest BCUT2D eigenvalue weighted by molar-refractivity contribution is -0.136. The summed E-state index contributed by atoms with van der Waals surface area (Å²) in [4.78, 5) is 39.4. The number of carbonyl (C=O) groups is 3. The van der Waals surface area contributed by atoms with Crippen molar-refractivity contribution in [3.63, 3.8) is 0 Å². The second-order valence-electron chi connectivity index (χ2n) is 5.52. The molecule has 3 N–H and O–H groups in total. The Bertz CT molecular complexity index is 834. The second-order valence-corrected chi connectivity index (χ2v) is 5.52. The third kappa shape index (κ3) is 5.82. The van der Waals surface area contributed by atoms with Gasteiger partial charge in [0.1, 0.15) is 0 Å². The Morgan fingerprint density at radius 3 is 2.50 bits per heavy atom. The number of benzene rings is 1. The molecule has 0 saturated carbocycles. The largest absolute Gasteiger partial charge is 0.329 e. The Morgan fingerprint density at radius 2 is 1.81 bits per heavy atom. The smallest absolute Gasteiger partial charge is 0.324 e. The van der Waals surface area contributed by atoms with Crippen molar-refractivity contribution in [3.8, 4) is 0 Å². The lowest BCUT2D eigenvalue weighted by atomic mass is 10.2. The fraction of sp³-hybridized carbons (Fsp3) is 0.167. The van der Waals surface area contributed by atoms with Gasteiger partial charge in [0, 0.05) is 17.6 Å². The lowest BCUT2D eigenvalue weighted by Gasteiger charge is -2.07.